The molecule has 0 saturated heterocycles. The smallest absolute Gasteiger partial charge is 0.0581 e. The zero-order valence-electron chi connectivity index (χ0n) is 8.21. The van der Waals surface area contributed by atoms with Gasteiger partial charge in [-0.05, 0) is 32.8 Å². The van der Waals surface area contributed by atoms with Crippen LogP contribution >= 0.6 is 0 Å². The van der Waals surface area contributed by atoms with Gasteiger partial charge in [0.2, 0.25) is 0 Å². The Kier molecular flexibility index (Phi) is 2.12. The van der Waals surface area contributed by atoms with Gasteiger partial charge in [-0.15, -0.1) is 0 Å². The molecule has 1 saturated carbocycles. The molecule has 0 spiro atoms. The van der Waals surface area contributed by atoms with Crippen LogP contribution in [0.25, 0.3) is 0 Å². The summed E-state index contributed by atoms with van der Waals surface area (Å²) in [4.78, 5) is 0. The molecule has 1 heterocycles. The monoisotopic (exact) mass is 180 g/mol. The van der Waals surface area contributed by atoms with E-state index in [1.165, 1.54) is 18.5 Å². The number of hydrogen-bond donors (Lipinski definition) is 1. The molecule has 1 aromatic rings. The van der Waals surface area contributed by atoms with Crippen LogP contribution in [-0.2, 0) is 10.2 Å². The van der Waals surface area contributed by atoms with E-state index >= 15 is 0 Å². The second-order valence-corrected chi connectivity index (χ2v) is 4.11. The quantitative estimate of drug-likeness (QED) is 0.768. The van der Waals surface area contributed by atoms with Gasteiger partial charge >= 0.3 is 0 Å². The summed E-state index contributed by atoms with van der Waals surface area (Å²) in [6.45, 7) is 4.97. The van der Waals surface area contributed by atoms with Crippen LogP contribution in [0.5, 0.6) is 0 Å². The van der Waals surface area contributed by atoms with Gasteiger partial charge in [0.05, 0.1) is 12.7 Å². The summed E-state index contributed by atoms with van der Waals surface area (Å²) in [6.07, 6.45) is 4.58. The van der Waals surface area contributed by atoms with Crippen molar-refractivity contribution in [2.24, 2.45) is 0 Å². The van der Waals surface area contributed by atoms with Gasteiger partial charge in [-0.3, -0.25) is 5.10 Å². The van der Waals surface area contributed by atoms with E-state index in [-0.39, 0.29) is 5.41 Å². The molecule has 0 aliphatic heterocycles. The summed E-state index contributed by atoms with van der Waals surface area (Å²) in [5.74, 6) is 0. The normalized spacial score (nSPS) is 19.3. The molecule has 0 aromatic carbocycles. The van der Waals surface area contributed by atoms with Crippen molar-refractivity contribution in [3.8, 4) is 0 Å². The zero-order chi connectivity index (χ0) is 9.31. The van der Waals surface area contributed by atoms with E-state index in [0.717, 1.165) is 6.61 Å². The predicted octanol–water partition coefficient (Wildman–Crippen LogP) is 1.87. The van der Waals surface area contributed by atoms with Crippen LogP contribution in [0.3, 0.4) is 0 Å². The summed E-state index contributed by atoms with van der Waals surface area (Å²) < 4.78 is 5.65. The number of hydrogen-bond acceptors (Lipinski definition) is 2. The molecule has 0 amide bonds. The molecule has 72 valence electrons. The first-order chi connectivity index (χ1) is 6.23. The van der Waals surface area contributed by atoms with Crippen molar-refractivity contribution in [2.75, 3.05) is 6.61 Å². The van der Waals surface area contributed by atoms with E-state index < -0.39 is 0 Å². The number of nitrogens with one attached hydrogen (secondary N) is 1. The van der Waals surface area contributed by atoms with Gasteiger partial charge in [-0.2, -0.15) is 5.10 Å². The molecule has 2 rings (SSSR count). The van der Waals surface area contributed by atoms with Crippen molar-refractivity contribution >= 4 is 0 Å². The minimum absolute atomic E-state index is 0.265. The van der Waals surface area contributed by atoms with Crippen LogP contribution in [0.15, 0.2) is 12.3 Å². The van der Waals surface area contributed by atoms with Gasteiger partial charge in [-0.1, -0.05) is 0 Å². The number of rotatable bonds is 4. The Balaban J connectivity index is 1.98. The lowest BCUT2D eigenvalue weighted by Crippen LogP contribution is -2.18. The van der Waals surface area contributed by atoms with Crippen molar-refractivity contribution in [2.45, 2.75) is 38.2 Å². The minimum atomic E-state index is 0.265. The molecule has 3 heteroatoms. The Morgan fingerprint density at radius 2 is 2.38 bits per heavy atom. The highest BCUT2D eigenvalue weighted by molar-refractivity contribution is 5.23. The first kappa shape index (κ1) is 8.75. The molecule has 1 fully saturated rings. The van der Waals surface area contributed by atoms with E-state index in [0.29, 0.717) is 6.10 Å². The van der Waals surface area contributed by atoms with Gasteiger partial charge in [0.25, 0.3) is 0 Å². The highest BCUT2D eigenvalue weighted by Crippen LogP contribution is 2.47. The predicted molar refractivity (Wildman–Crippen MR) is 50.6 cm³/mol. The molecule has 1 N–H and O–H groups in total. The van der Waals surface area contributed by atoms with Crippen LogP contribution < -0.4 is 0 Å². The summed E-state index contributed by atoms with van der Waals surface area (Å²) in [6, 6.07) is 2.05. The first-order valence-corrected chi connectivity index (χ1v) is 4.84. The molecule has 13 heavy (non-hydrogen) atoms. The van der Waals surface area contributed by atoms with E-state index in [1.54, 1.807) is 0 Å². The Labute approximate surface area is 78.5 Å². The lowest BCUT2D eigenvalue weighted by molar-refractivity contribution is 0.0611. The molecule has 0 atom stereocenters. The van der Waals surface area contributed by atoms with Crippen molar-refractivity contribution < 1.29 is 4.74 Å². The maximum absolute atomic E-state index is 5.65. The van der Waals surface area contributed by atoms with Crippen molar-refractivity contribution in [3.63, 3.8) is 0 Å². The van der Waals surface area contributed by atoms with E-state index in [9.17, 15) is 0 Å². The maximum Gasteiger partial charge on any atom is 0.0581 e. The molecule has 1 aromatic heterocycles. The number of aromatic nitrogens is 2. The molecule has 0 bridgehead atoms. The molecule has 1 aliphatic rings. The fraction of sp³-hybridized carbons (Fsp3) is 0.700. The van der Waals surface area contributed by atoms with Crippen LogP contribution in [-0.4, -0.2) is 22.9 Å². The molecule has 3 nitrogen and oxygen atoms in total. The van der Waals surface area contributed by atoms with Crippen LogP contribution in [0.2, 0.25) is 0 Å². The summed E-state index contributed by atoms with van der Waals surface area (Å²) in [5, 5.41) is 7.01. The fourth-order valence-corrected chi connectivity index (χ4v) is 1.52. The second-order valence-electron chi connectivity index (χ2n) is 4.11. The summed E-state index contributed by atoms with van der Waals surface area (Å²) >= 11 is 0. The van der Waals surface area contributed by atoms with Crippen LogP contribution in [0, 0.1) is 0 Å². The fourth-order valence-electron chi connectivity index (χ4n) is 1.52. The lowest BCUT2D eigenvalue weighted by Gasteiger charge is -2.15. The van der Waals surface area contributed by atoms with Gasteiger partial charge < -0.3 is 4.74 Å². The molecule has 0 unspecified atom stereocenters. The third-order valence-corrected chi connectivity index (χ3v) is 2.62. The maximum atomic E-state index is 5.65. The van der Waals surface area contributed by atoms with Crippen molar-refractivity contribution in [1.29, 1.82) is 0 Å². The topological polar surface area (TPSA) is 37.9 Å². The summed E-state index contributed by atoms with van der Waals surface area (Å²) in [5.41, 5.74) is 1.49. The van der Waals surface area contributed by atoms with Crippen molar-refractivity contribution in [1.82, 2.24) is 10.2 Å². The van der Waals surface area contributed by atoms with Gasteiger partial charge in [0.15, 0.2) is 0 Å². The Morgan fingerprint density at radius 3 is 2.85 bits per heavy atom. The molecule has 0 radical (unpaired) electrons. The summed E-state index contributed by atoms with van der Waals surface area (Å²) in [7, 11) is 0. The average Bonchev–Trinajstić information content (AvgIpc) is 2.68. The first-order valence-electron chi connectivity index (χ1n) is 4.84. The van der Waals surface area contributed by atoms with E-state index in [2.05, 4.69) is 30.1 Å². The third-order valence-electron chi connectivity index (χ3n) is 2.62. The highest BCUT2D eigenvalue weighted by atomic mass is 16.5. The van der Waals surface area contributed by atoms with Crippen LogP contribution in [0.1, 0.15) is 32.4 Å². The molecular weight excluding hydrogens is 164 g/mol. The van der Waals surface area contributed by atoms with Gasteiger partial charge in [-0.25, -0.2) is 0 Å². The van der Waals surface area contributed by atoms with Crippen LogP contribution in [0.4, 0.5) is 0 Å². The second kappa shape index (κ2) is 3.14. The minimum Gasteiger partial charge on any atom is -0.378 e. The number of ether oxygens (including phenoxy) is 1. The zero-order valence-corrected chi connectivity index (χ0v) is 8.21. The Morgan fingerprint density at radius 1 is 1.62 bits per heavy atom. The average molecular weight is 180 g/mol. The number of nitrogens with zero attached hydrogens (tertiary/aromatic N) is 1. The Hall–Kier alpha value is -0.830. The van der Waals surface area contributed by atoms with Crippen molar-refractivity contribution in [3.05, 3.63) is 18.0 Å². The highest BCUT2D eigenvalue weighted by Gasteiger charge is 2.45. The van der Waals surface area contributed by atoms with Gasteiger partial charge in [0.1, 0.15) is 0 Å². The number of aromatic amines is 1. The molecular formula is C10H16N2O. The lowest BCUT2D eigenvalue weighted by atomic mass is 10.0. The SMILES string of the molecule is CC(C)OCC1(c2ccn[nH]2)CC1. The van der Waals surface area contributed by atoms with E-state index in [4.69, 9.17) is 4.74 Å². The van der Waals surface area contributed by atoms with E-state index in [1.807, 2.05) is 6.20 Å². The van der Waals surface area contributed by atoms with Gasteiger partial charge in [0, 0.05) is 17.3 Å². The Bertz CT molecular complexity index is 262. The molecule has 1 aliphatic carbocycles. The number of H-pyrrole nitrogens is 1. The standard InChI is InChI=1S/C10H16N2O/c1-8(2)13-7-10(4-5-10)9-3-6-11-12-9/h3,6,8H,4-5,7H2,1-2H3,(H,11,12). The third kappa shape index (κ3) is 1.75. The largest absolute Gasteiger partial charge is 0.378 e.